The average Bonchev–Trinajstić information content (AvgIpc) is 2.98. The van der Waals surface area contributed by atoms with Crippen LogP contribution in [0.2, 0.25) is 0 Å². The first-order chi connectivity index (χ1) is 20.3. The Hall–Kier alpha value is -5.38. The van der Waals surface area contributed by atoms with Gasteiger partial charge in [0.05, 0.1) is 48.6 Å². The summed E-state index contributed by atoms with van der Waals surface area (Å²) in [5, 5.41) is 10.2. The van der Waals surface area contributed by atoms with E-state index in [1.54, 1.807) is 30.3 Å². The van der Waals surface area contributed by atoms with Crippen molar-refractivity contribution < 1.29 is 45.8 Å². The number of hydrogen-bond donors (Lipinski definition) is 1. The lowest BCUT2D eigenvalue weighted by Gasteiger charge is -2.36. The van der Waals surface area contributed by atoms with E-state index in [0.29, 0.717) is 5.56 Å². The summed E-state index contributed by atoms with van der Waals surface area (Å²) in [5.74, 6) is -8.02. The Bertz CT molecular complexity index is 1690. The topological polar surface area (TPSA) is 115 Å². The Balaban J connectivity index is 1.95. The fraction of sp³-hybridized carbons (Fsp3) is 0.167. The van der Waals surface area contributed by atoms with Gasteiger partial charge in [0, 0.05) is 5.56 Å². The lowest BCUT2D eigenvalue weighted by molar-refractivity contribution is -0.139. The molecule has 1 aliphatic rings. The first kappa shape index (κ1) is 30.6. The van der Waals surface area contributed by atoms with Gasteiger partial charge in [-0.1, -0.05) is 36.4 Å². The number of methoxy groups -OCH3 is 2. The molecule has 0 saturated carbocycles. The first-order valence-electron chi connectivity index (χ1n) is 12.3. The van der Waals surface area contributed by atoms with E-state index in [0.717, 1.165) is 19.1 Å². The van der Waals surface area contributed by atoms with Gasteiger partial charge < -0.3 is 19.9 Å². The summed E-state index contributed by atoms with van der Waals surface area (Å²) in [6.07, 6.45) is -5.00. The van der Waals surface area contributed by atoms with E-state index >= 15 is 0 Å². The Morgan fingerprint density at radius 1 is 0.953 bits per heavy atom. The molecule has 1 unspecified atom stereocenters. The normalized spacial score (nSPS) is 15.2. The number of nitrogens with zero attached hydrogens (tertiary/aromatic N) is 2. The molecule has 0 saturated heterocycles. The minimum absolute atomic E-state index is 0.0174. The van der Waals surface area contributed by atoms with Gasteiger partial charge in [-0.25, -0.2) is 18.4 Å². The first-order valence-corrected chi connectivity index (χ1v) is 12.3. The summed E-state index contributed by atoms with van der Waals surface area (Å²) in [7, 11) is 2.14. The number of rotatable bonds is 6. The third-order valence-electron chi connectivity index (χ3n) is 6.64. The number of esters is 2. The van der Waals surface area contributed by atoms with Crippen molar-refractivity contribution in [1.29, 1.82) is 5.26 Å². The molecule has 3 aromatic rings. The van der Waals surface area contributed by atoms with Crippen molar-refractivity contribution in [3.63, 3.8) is 0 Å². The van der Waals surface area contributed by atoms with E-state index in [1.807, 2.05) is 6.07 Å². The maximum Gasteiger partial charge on any atom is 0.416 e. The third-order valence-corrected chi connectivity index (χ3v) is 6.64. The van der Waals surface area contributed by atoms with Crippen LogP contribution in [0.4, 0.5) is 27.6 Å². The number of alkyl halides is 3. The molecular weight excluding hydrogens is 577 g/mol. The number of anilines is 1. The highest BCUT2D eigenvalue weighted by Crippen LogP contribution is 2.45. The molecule has 0 amide bonds. The van der Waals surface area contributed by atoms with Gasteiger partial charge in [0.15, 0.2) is 17.4 Å². The molecule has 0 fully saturated rings. The summed E-state index contributed by atoms with van der Waals surface area (Å²) < 4.78 is 83.6. The van der Waals surface area contributed by atoms with Crippen LogP contribution in [-0.2, 0) is 25.2 Å². The molecule has 1 aliphatic heterocycles. The van der Waals surface area contributed by atoms with E-state index in [1.165, 1.54) is 25.1 Å². The molecule has 1 atom stereocenters. The quantitative estimate of drug-likeness (QED) is 0.272. The highest BCUT2D eigenvalue weighted by atomic mass is 19.4. The number of ether oxygens (including phenoxy) is 3. The van der Waals surface area contributed by atoms with Crippen LogP contribution in [0.5, 0.6) is 11.5 Å². The van der Waals surface area contributed by atoms with Crippen molar-refractivity contribution in [2.75, 3.05) is 19.1 Å². The van der Waals surface area contributed by atoms with E-state index in [9.17, 15) is 36.8 Å². The number of carbonyl (C=O) groups excluding carboxylic acids is 2. The fourth-order valence-electron chi connectivity index (χ4n) is 4.65. The number of allylic oxidation sites excluding steroid dienone is 1. The number of nitrogens with two attached hydrogens (primary N) is 1. The molecule has 0 radical (unpaired) electrons. The van der Waals surface area contributed by atoms with Crippen LogP contribution >= 0.6 is 0 Å². The van der Waals surface area contributed by atoms with Crippen molar-refractivity contribution in [3.05, 3.63) is 112 Å². The smallest absolute Gasteiger partial charge is 0.416 e. The van der Waals surface area contributed by atoms with Gasteiger partial charge in [-0.05, 0) is 36.8 Å². The van der Waals surface area contributed by atoms with Crippen LogP contribution < -0.4 is 15.4 Å². The zero-order valence-electron chi connectivity index (χ0n) is 22.8. The van der Waals surface area contributed by atoms with E-state index < -0.39 is 52.7 Å². The molecule has 0 spiro atoms. The van der Waals surface area contributed by atoms with Gasteiger partial charge in [0.2, 0.25) is 0 Å². The molecule has 8 nitrogen and oxygen atoms in total. The summed E-state index contributed by atoms with van der Waals surface area (Å²) in [5.41, 5.74) is 4.63. The second-order valence-electron chi connectivity index (χ2n) is 9.10. The Labute approximate surface area is 242 Å². The van der Waals surface area contributed by atoms with Crippen LogP contribution in [-0.4, -0.2) is 26.2 Å². The van der Waals surface area contributed by atoms with Crippen molar-refractivity contribution in [2.45, 2.75) is 19.0 Å². The lowest BCUT2D eigenvalue weighted by Crippen LogP contribution is -2.41. The molecule has 0 bridgehead atoms. The minimum atomic E-state index is -5.00. The fourth-order valence-corrected chi connectivity index (χ4v) is 4.65. The molecule has 3 aromatic carbocycles. The van der Waals surface area contributed by atoms with Crippen LogP contribution in [0, 0.1) is 29.9 Å². The summed E-state index contributed by atoms with van der Waals surface area (Å²) >= 11 is 0. The van der Waals surface area contributed by atoms with Crippen LogP contribution in [0.3, 0.4) is 0 Å². The average molecular weight is 600 g/mol. The van der Waals surface area contributed by atoms with Crippen LogP contribution in [0.25, 0.3) is 0 Å². The summed E-state index contributed by atoms with van der Waals surface area (Å²) in [4.78, 5) is 27.5. The molecule has 13 heteroatoms. The summed E-state index contributed by atoms with van der Waals surface area (Å²) in [6, 6.07) is 14.4. The second-order valence-corrected chi connectivity index (χ2v) is 9.10. The molecule has 43 heavy (non-hydrogen) atoms. The molecule has 4 rings (SSSR count). The Morgan fingerprint density at radius 2 is 1.56 bits per heavy atom. The van der Waals surface area contributed by atoms with Gasteiger partial charge in [-0.3, -0.25) is 4.90 Å². The van der Waals surface area contributed by atoms with Crippen molar-refractivity contribution in [2.24, 2.45) is 5.73 Å². The largest absolute Gasteiger partial charge is 0.466 e. The predicted octanol–water partition coefficient (Wildman–Crippen LogP) is 5.98. The van der Waals surface area contributed by atoms with Crippen LogP contribution in [0.1, 0.15) is 22.6 Å². The molecule has 1 heterocycles. The number of carbonyl (C=O) groups is 2. The van der Waals surface area contributed by atoms with Crippen molar-refractivity contribution >= 4 is 17.6 Å². The Kier molecular flexibility index (Phi) is 8.43. The maximum absolute atomic E-state index is 14.6. The summed E-state index contributed by atoms with van der Waals surface area (Å²) in [6.45, 7) is 1.40. The molecule has 0 aliphatic carbocycles. The van der Waals surface area contributed by atoms with Gasteiger partial charge in [-0.15, -0.1) is 0 Å². The number of nitriles is 1. The van der Waals surface area contributed by atoms with Gasteiger partial charge >= 0.3 is 18.1 Å². The van der Waals surface area contributed by atoms with Crippen LogP contribution in [0.15, 0.2) is 83.3 Å². The number of benzene rings is 3. The molecule has 2 N–H and O–H groups in total. The molecular formula is C30H22F5N3O5. The minimum Gasteiger partial charge on any atom is -0.466 e. The standard InChI is InChI=1S/C30H22F5N3O5/c1-15-21(10-7-11-22(15)43-26-19(31)12-17(13-20(26)32)30(33,34)35)38-25(29(40)42-3)24(28(39)41-2)23(18(14-36)27(38)37)16-8-5-4-6-9-16/h4-13,23H,37H2,1-3H3. The highest BCUT2D eigenvalue weighted by Gasteiger charge is 2.43. The molecule has 222 valence electrons. The van der Waals surface area contributed by atoms with E-state index in [2.05, 4.69) is 0 Å². The zero-order valence-corrected chi connectivity index (χ0v) is 22.8. The lowest BCUT2D eigenvalue weighted by atomic mass is 9.80. The monoisotopic (exact) mass is 599 g/mol. The zero-order chi connectivity index (χ0) is 31.6. The third kappa shape index (κ3) is 5.59. The van der Waals surface area contributed by atoms with Crippen molar-refractivity contribution in [3.8, 4) is 17.6 Å². The van der Waals surface area contributed by atoms with Gasteiger partial charge in [-0.2, -0.15) is 18.4 Å². The Morgan fingerprint density at radius 3 is 2.09 bits per heavy atom. The molecule has 0 aromatic heterocycles. The second kappa shape index (κ2) is 11.8. The van der Waals surface area contributed by atoms with E-state index in [4.69, 9.17) is 19.9 Å². The SMILES string of the molecule is COC(=O)C1=C(C(=O)OC)N(c2cccc(Oc3c(F)cc(C(F)(F)F)cc3F)c2C)C(N)=C(C#N)C1c1ccccc1. The number of hydrogen-bond acceptors (Lipinski definition) is 8. The van der Waals surface area contributed by atoms with Gasteiger partial charge in [0.1, 0.15) is 17.3 Å². The van der Waals surface area contributed by atoms with Gasteiger partial charge in [0.25, 0.3) is 0 Å². The van der Waals surface area contributed by atoms with E-state index in [-0.39, 0.29) is 46.1 Å². The predicted molar refractivity (Wildman–Crippen MR) is 142 cm³/mol. The number of halogens is 5. The highest BCUT2D eigenvalue weighted by molar-refractivity contribution is 6.06. The van der Waals surface area contributed by atoms with Crippen molar-refractivity contribution in [1.82, 2.24) is 0 Å². The maximum atomic E-state index is 14.6.